The molecule has 0 radical (unpaired) electrons. The zero-order chi connectivity index (χ0) is 12.3. The molecule has 0 aliphatic heterocycles. The Bertz CT molecular complexity index is 370. The summed E-state index contributed by atoms with van der Waals surface area (Å²) in [5.74, 6) is 0.831. The topological polar surface area (TPSA) is 44.5 Å². The molecule has 3 nitrogen and oxygen atoms in total. The number of benzene rings is 1. The van der Waals surface area contributed by atoms with Crippen LogP contribution in [0.2, 0.25) is 0 Å². The van der Waals surface area contributed by atoms with E-state index in [2.05, 4.69) is 19.9 Å². The van der Waals surface area contributed by atoms with Crippen LogP contribution in [0, 0.1) is 13.8 Å². The van der Waals surface area contributed by atoms with E-state index in [1.165, 1.54) is 11.1 Å². The quantitative estimate of drug-likeness (QED) is 0.850. The third kappa shape index (κ3) is 2.20. The first kappa shape index (κ1) is 13.0. The van der Waals surface area contributed by atoms with Crippen molar-refractivity contribution in [3.63, 3.8) is 0 Å². The van der Waals surface area contributed by atoms with E-state index in [-0.39, 0.29) is 0 Å². The van der Waals surface area contributed by atoms with E-state index in [0.29, 0.717) is 6.54 Å². The van der Waals surface area contributed by atoms with Gasteiger partial charge >= 0.3 is 0 Å². The van der Waals surface area contributed by atoms with Gasteiger partial charge in [0.2, 0.25) is 0 Å². The summed E-state index contributed by atoms with van der Waals surface area (Å²) in [7, 11) is 3.34. The minimum absolute atomic E-state index is 0.419. The molecule has 2 N–H and O–H groups in total. The smallest absolute Gasteiger partial charge is 0.125 e. The van der Waals surface area contributed by atoms with E-state index < -0.39 is 5.60 Å². The van der Waals surface area contributed by atoms with Crippen molar-refractivity contribution < 1.29 is 9.47 Å². The maximum atomic E-state index is 5.78. The van der Waals surface area contributed by atoms with Crippen molar-refractivity contribution in [3.05, 3.63) is 28.8 Å². The molecule has 16 heavy (non-hydrogen) atoms. The Balaban J connectivity index is 3.36. The van der Waals surface area contributed by atoms with Crippen molar-refractivity contribution >= 4 is 0 Å². The van der Waals surface area contributed by atoms with Crippen LogP contribution in [0.15, 0.2) is 12.1 Å². The van der Waals surface area contributed by atoms with Crippen LogP contribution in [0.5, 0.6) is 5.75 Å². The second kappa shape index (κ2) is 4.85. The predicted molar refractivity (Wildman–Crippen MR) is 65.9 cm³/mol. The predicted octanol–water partition coefficient (Wildman–Crippen LogP) is 2.13. The maximum Gasteiger partial charge on any atom is 0.125 e. The molecule has 0 saturated carbocycles. The van der Waals surface area contributed by atoms with Crippen molar-refractivity contribution in [1.82, 2.24) is 0 Å². The fraction of sp³-hybridized carbons (Fsp3) is 0.538. The zero-order valence-electron chi connectivity index (χ0n) is 10.8. The maximum absolute atomic E-state index is 5.78. The molecular formula is C13H21NO2. The number of rotatable bonds is 4. The van der Waals surface area contributed by atoms with Gasteiger partial charge in [-0.15, -0.1) is 0 Å². The van der Waals surface area contributed by atoms with E-state index >= 15 is 0 Å². The van der Waals surface area contributed by atoms with Crippen molar-refractivity contribution in [1.29, 1.82) is 0 Å². The van der Waals surface area contributed by atoms with E-state index in [0.717, 1.165) is 11.3 Å². The van der Waals surface area contributed by atoms with Gasteiger partial charge in [0.15, 0.2) is 0 Å². The van der Waals surface area contributed by atoms with Crippen LogP contribution in [-0.2, 0) is 10.3 Å². The monoisotopic (exact) mass is 223 g/mol. The minimum Gasteiger partial charge on any atom is -0.496 e. The highest BCUT2D eigenvalue weighted by molar-refractivity contribution is 5.45. The van der Waals surface area contributed by atoms with Crippen molar-refractivity contribution in [2.24, 2.45) is 5.73 Å². The highest BCUT2D eigenvalue weighted by Crippen LogP contribution is 2.33. The van der Waals surface area contributed by atoms with Crippen LogP contribution in [0.1, 0.15) is 23.6 Å². The van der Waals surface area contributed by atoms with Crippen LogP contribution in [0.25, 0.3) is 0 Å². The molecule has 0 bridgehead atoms. The Morgan fingerprint density at radius 1 is 1.19 bits per heavy atom. The van der Waals surface area contributed by atoms with E-state index in [1.807, 2.05) is 13.0 Å². The molecule has 90 valence electrons. The number of hydrogen-bond donors (Lipinski definition) is 1. The van der Waals surface area contributed by atoms with Gasteiger partial charge in [0.1, 0.15) is 11.4 Å². The molecule has 0 spiro atoms. The summed E-state index contributed by atoms with van der Waals surface area (Å²) in [5, 5.41) is 0. The number of ether oxygens (including phenoxy) is 2. The molecule has 1 aromatic rings. The Morgan fingerprint density at radius 3 is 2.19 bits per heavy atom. The van der Waals surface area contributed by atoms with Crippen molar-refractivity contribution in [2.45, 2.75) is 26.4 Å². The van der Waals surface area contributed by atoms with Crippen LogP contribution < -0.4 is 10.5 Å². The highest BCUT2D eigenvalue weighted by atomic mass is 16.5. The van der Waals surface area contributed by atoms with E-state index in [1.54, 1.807) is 14.2 Å². The van der Waals surface area contributed by atoms with Gasteiger partial charge in [0.25, 0.3) is 0 Å². The molecule has 1 atom stereocenters. The van der Waals surface area contributed by atoms with Crippen LogP contribution in [0.4, 0.5) is 0 Å². The molecular weight excluding hydrogens is 202 g/mol. The number of aryl methyl sites for hydroxylation is 2. The second-order valence-electron chi connectivity index (χ2n) is 4.28. The van der Waals surface area contributed by atoms with Gasteiger partial charge in [0.05, 0.1) is 7.11 Å². The molecule has 0 saturated heterocycles. The second-order valence-corrected chi connectivity index (χ2v) is 4.28. The normalized spacial score (nSPS) is 14.6. The van der Waals surface area contributed by atoms with Gasteiger partial charge in [-0.25, -0.2) is 0 Å². The van der Waals surface area contributed by atoms with Gasteiger partial charge < -0.3 is 15.2 Å². The first-order valence-corrected chi connectivity index (χ1v) is 5.39. The zero-order valence-corrected chi connectivity index (χ0v) is 10.8. The average Bonchev–Trinajstić information content (AvgIpc) is 2.31. The molecule has 0 amide bonds. The summed E-state index contributed by atoms with van der Waals surface area (Å²) >= 11 is 0. The molecule has 3 heteroatoms. The lowest BCUT2D eigenvalue weighted by Crippen LogP contribution is -2.34. The van der Waals surface area contributed by atoms with Crippen LogP contribution >= 0.6 is 0 Å². The van der Waals surface area contributed by atoms with E-state index in [4.69, 9.17) is 15.2 Å². The number of nitrogens with two attached hydrogens (primary N) is 1. The fourth-order valence-corrected chi connectivity index (χ4v) is 1.68. The van der Waals surface area contributed by atoms with Crippen LogP contribution in [-0.4, -0.2) is 20.8 Å². The van der Waals surface area contributed by atoms with Gasteiger partial charge in [-0.3, -0.25) is 0 Å². The van der Waals surface area contributed by atoms with Crippen LogP contribution in [0.3, 0.4) is 0 Å². The Morgan fingerprint density at radius 2 is 1.75 bits per heavy atom. The molecule has 0 aliphatic carbocycles. The Kier molecular flexibility index (Phi) is 3.94. The minimum atomic E-state index is -0.496. The summed E-state index contributed by atoms with van der Waals surface area (Å²) < 4.78 is 10.9. The summed E-state index contributed by atoms with van der Waals surface area (Å²) in [6.45, 7) is 6.53. The van der Waals surface area contributed by atoms with E-state index in [9.17, 15) is 0 Å². The lowest BCUT2D eigenvalue weighted by Gasteiger charge is -2.29. The van der Waals surface area contributed by atoms with Gasteiger partial charge in [-0.05, 0) is 44.0 Å². The molecule has 1 unspecified atom stereocenters. The summed E-state index contributed by atoms with van der Waals surface area (Å²) in [6, 6.07) is 4.11. The third-order valence-corrected chi connectivity index (χ3v) is 3.23. The highest BCUT2D eigenvalue weighted by Gasteiger charge is 2.28. The Hall–Kier alpha value is -1.06. The SMILES string of the molecule is COc1cc(C)c(C)cc1C(C)(CN)OC. The lowest BCUT2D eigenvalue weighted by atomic mass is 9.91. The first-order valence-electron chi connectivity index (χ1n) is 5.39. The Labute approximate surface area is 97.6 Å². The number of hydrogen-bond acceptors (Lipinski definition) is 3. The fourth-order valence-electron chi connectivity index (χ4n) is 1.68. The molecule has 0 fully saturated rings. The molecule has 0 heterocycles. The third-order valence-electron chi connectivity index (χ3n) is 3.23. The molecule has 1 aromatic carbocycles. The molecule has 1 rings (SSSR count). The van der Waals surface area contributed by atoms with Crippen molar-refractivity contribution in [2.75, 3.05) is 20.8 Å². The van der Waals surface area contributed by atoms with Gasteiger partial charge in [-0.1, -0.05) is 0 Å². The first-order chi connectivity index (χ1) is 7.48. The van der Waals surface area contributed by atoms with Crippen molar-refractivity contribution in [3.8, 4) is 5.75 Å². The largest absolute Gasteiger partial charge is 0.496 e. The standard InChI is InChI=1S/C13H21NO2/c1-9-6-11(13(3,8-14)16-5)12(15-4)7-10(9)2/h6-7H,8,14H2,1-5H3. The van der Waals surface area contributed by atoms with Gasteiger partial charge in [0, 0.05) is 19.2 Å². The summed E-state index contributed by atoms with van der Waals surface area (Å²) in [4.78, 5) is 0. The number of methoxy groups -OCH3 is 2. The molecule has 0 aromatic heterocycles. The summed E-state index contributed by atoms with van der Waals surface area (Å²) in [6.07, 6.45) is 0. The summed E-state index contributed by atoms with van der Waals surface area (Å²) in [5.41, 5.74) is 8.71. The molecule has 0 aliphatic rings. The van der Waals surface area contributed by atoms with Gasteiger partial charge in [-0.2, -0.15) is 0 Å². The average molecular weight is 223 g/mol. The lowest BCUT2D eigenvalue weighted by molar-refractivity contribution is 0.00816.